The fourth-order valence-electron chi connectivity index (χ4n) is 3.56. The van der Waals surface area contributed by atoms with Gasteiger partial charge in [0.15, 0.2) is 0 Å². The number of allylic oxidation sites excluding steroid dienone is 2. The molecule has 0 spiro atoms. The number of hydrogen-bond acceptors (Lipinski definition) is 7. The second-order valence-corrected chi connectivity index (χ2v) is 8.56. The van der Waals surface area contributed by atoms with Crippen molar-refractivity contribution in [3.8, 4) is 0 Å². The minimum absolute atomic E-state index is 0.0594. The lowest BCUT2D eigenvalue weighted by atomic mass is 9.80. The summed E-state index contributed by atoms with van der Waals surface area (Å²) in [6.45, 7) is 6.94. The summed E-state index contributed by atoms with van der Waals surface area (Å²) in [5.74, 6) is -2.36. The van der Waals surface area contributed by atoms with Crippen LogP contribution >= 0.6 is 0 Å². The van der Waals surface area contributed by atoms with Gasteiger partial charge in [-0.1, -0.05) is 12.1 Å². The van der Waals surface area contributed by atoms with Crippen LogP contribution in [0.5, 0.6) is 0 Å². The van der Waals surface area contributed by atoms with E-state index in [-0.39, 0.29) is 36.4 Å². The SMILES string of the molecule is CC1=C(C(=O)OCCC(C)N)C(c2ccc(C(F)(F)F)cc2)C(C(=O)OCCC(C)N)=C(C)N1. The van der Waals surface area contributed by atoms with E-state index in [0.717, 1.165) is 12.1 Å². The van der Waals surface area contributed by atoms with E-state index in [4.69, 9.17) is 20.9 Å². The summed E-state index contributed by atoms with van der Waals surface area (Å²) in [6.07, 6.45) is -3.67. The summed E-state index contributed by atoms with van der Waals surface area (Å²) < 4.78 is 50.1. The predicted octanol–water partition coefficient (Wildman–Crippen LogP) is 3.50. The van der Waals surface area contributed by atoms with Crippen molar-refractivity contribution in [2.24, 2.45) is 11.5 Å². The average molecular weight is 484 g/mol. The Bertz CT molecular complexity index is 903. The van der Waals surface area contributed by atoms with Crippen LogP contribution in [0.3, 0.4) is 0 Å². The average Bonchev–Trinajstić information content (AvgIpc) is 2.71. The van der Waals surface area contributed by atoms with Crippen LogP contribution < -0.4 is 16.8 Å². The second kappa shape index (κ2) is 11.5. The molecule has 1 aliphatic rings. The van der Waals surface area contributed by atoms with Gasteiger partial charge in [-0.2, -0.15) is 13.2 Å². The minimum atomic E-state index is -4.52. The number of carbonyl (C=O) groups excluding carboxylic acids is 2. The van der Waals surface area contributed by atoms with E-state index in [9.17, 15) is 22.8 Å². The topological polar surface area (TPSA) is 117 Å². The normalized spacial score (nSPS) is 18.3. The zero-order valence-corrected chi connectivity index (χ0v) is 19.8. The number of ether oxygens (including phenoxy) is 2. The number of nitrogens with one attached hydrogen (secondary N) is 1. The largest absolute Gasteiger partial charge is 0.462 e. The smallest absolute Gasteiger partial charge is 0.416 e. The number of hydrogen-bond donors (Lipinski definition) is 3. The highest BCUT2D eigenvalue weighted by Gasteiger charge is 2.39. The molecule has 1 aromatic rings. The molecule has 0 amide bonds. The monoisotopic (exact) mass is 483 g/mol. The zero-order chi connectivity index (χ0) is 25.6. The minimum Gasteiger partial charge on any atom is -0.462 e. The molecule has 1 heterocycles. The Morgan fingerprint density at radius 3 is 1.68 bits per heavy atom. The lowest BCUT2D eigenvalue weighted by Gasteiger charge is -2.30. The molecule has 1 aliphatic heterocycles. The van der Waals surface area contributed by atoms with Crippen LogP contribution in [-0.4, -0.2) is 37.2 Å². The number of benzene rings is 1. The van der Waals surface area contributed by atoms with Gasteiger partial charge in [0.25, 0.3) is 0 Å². The molecule has 5 N–H and O–H groups in total. The lowest BCUT2D eigenvalue weighted by molar-refractivity contribution is -0.140. The molecule has 34 heavy (non-hydrogen) atoms. The Morgan fingerprint density at radius 2 is 1.32 bits per heavy atom. The van der Waals surface area contributed by atoms with Crippen molar-refractivity contribution in [1.82, 2.24) is 5.32 Å². The van der Waals surface area contributed by atoms with Crippen LogP contribution in [0.15, 0.2) is 46.8 Å². The number of dihydropyridines is 1. The molecule has 1 aromatic carbocycles. The number of rotatable bonds is 9. The third-order valence-corrected chi connectivity index (χ3v) is 5.38. The first-order valence-corrected chi connectivity index (χ1v) is 11.0. The summed E-state index contributed by atoms with van der Waals surface area (Å²) in [7, 11) is 0. The van der Waals surface area contributed by atoms with Crippen LogP contribution in [0.2, 0.25) is 0 Å². The van der Waals surface area contributed by atoms with Gasteiger partial charge in [-0.15, -0.1) is 0 Å². The number of nitrogens with two attached hydrogens (primary N) is 2. The summed E-state index contributed by atoms with van der Waals surface area (Å²) in [4.78, 5) is 26.1. The second-order valence-electron chi connectivity index (χ2n) is 8.56. The molecule has 0 aliphatic carbocycles. The molecule has 0 bridgehead atoms. The molecule has 0 saturated heterocycles. The van der Waals surface area contributed by atoms with Crippen molar-refractivity contribution in [2.75, 3.05) is 13.2 Å². The summed E-state index contributed by atoms with van der Waals surface area (Å²) in [5.41, 5.74) is 12.0. The Kier molecular flexibility index (Phi) is 9.29. The van der Waals surface area contributed by atoms with Gasteiger partial charge in [0, 0.05) is 23.5 Å². The summed E-state index contributed by atoms with van der Waals surface area (Å²) in [6, 6.07) is 3.97. The lowest BCUT2D eigenvalue weighted by Crippen LogP contribution is -2.33. The van der Waals surface area contributed by atoms with E-state index in [2.05, 4.69) is 5.32 Å². The first-order valence-electron chi connectivity index (χ1n) is 11.0. The van der Waals surface area contributed by atoms with Crippen molar-refractivity contribution < 1.29 is 32.2 Å². The molecule has 0 fully saturated rings. The molecule has 188 valence electrons. The fourth-order valence-corrected chi connectivity index (χ4v) is 3.56. The van der Waals surface area contributed by atoms with Gasteiger partial charge < -0.3 is 26.3 Å². The molecule has 2 atom stereocenters. The van der Waals surface area contributed by atoms with Crippen LogP contribution in [0.1, 0.15) is 57.6 Å². The van der Waals surface area contributed by atoms with Gasteiger partial charge in [0.1, 0.15) is 0 Å². The Hall–Kier alpha value is -2.85. The molecular weight excluding hydrogens is 451 g/mol. The number of carbonyl (C=O) groups is 2. The van der Waals surface area contributed by atoms with Gasteiger partial charge in [-0.25, -0.2) is 9.59 Å². The number of alkyl halides is 3. The molecule has 0 radical (unpaired) electrons. The highest BCUT2D eigenvalue weighted by atomic mass is 19.4. The molecule has 0 aromatic heterocycles. The molecular formula is C24H32F3N3O4. The highest BCUT2D eigenvalue weighted by Crippen LogP contribution is 2.40. The molecule has 10 heteroatoms. The summed E-state index contributed by atoms with van der Waals surface area (Å²) >= 11 is 0. The fraction of sp³-hybridized carbons (Fsp3) is 0.500. The predicted molar refractivity (Wildman–Crippen MR) is 121 cm³/mol. The van der Waals surface area contributed by atoms with Crippen LogP contribution in [-0.2, 0) is 25.2 Å². The van der Waals surface area contributed by atoms with Gasteiger partial charge in [0.2, 0.25) is 0 Å². The molecule has 2 rings (SSSR count). The van der Waals surface area contributed by atoms with Gasteiger partial charge in [-0.05, 0) is 58.2 Å². The first-order chi connectivity index (χ1) is 15.8. The Labute approximate surface area is 197 Å². The quantitative estimate of drug-likeness (QED) is 0.460. The summed E-state index contributed by atoms with van der Waals surface area (Å²) in [5, 5.41) is 3.00. The number of halogens is 3. The first kappa shape index (κ1) is 27.4. The van der Waals surface area contributed by atoms with Crippen molar-refractivity contribution >= 4 is 11.9 Å². The van der Waals surface area contributed by atoms with E-state index in [1.54, 1.807) is 27.7 Å². The van der Waals surface area contributed by atoms with E-state index in [0.29, 0.717) is 29.8 Å². The third kappa shape index (κ3) is 7.07. The zero-order valence-electron chi connectivity index (χ0n) is 19.8. The van der Waals surface area contributed by atoms with E-state index < -0.39 is 29.6 Å². The number of esters is 2. The van der Waals surface area contributed by atoms with E-state index >= 15 is 0 Å². The maximum absolute atomic E-state index is 13.1. The van der Waals surface area contributed by atoms with E-state index in [1.165, 1.54) is 12.1 Å². The maximum Gasteiger partial charge on any atom is 0.416 e. The van der Waals surface area contributed by atoms with Crippen molar-refractivity contribution in [3.63, 3.8) is 0 Å². The van der Waals surface area contributed by atoms with Crippen molar-refractivity contribution in [3.05, 3.63) is 57.9 Å². The third-order valence-electron chi connectivity index (χ3n) is 5.38. The van der Waals surface area contributed by atoms with Gasteiger partial charge in [0.05, 0.1) is 35.8 Å². The van der Waals surface area contributed by atoms with Crippen molar-refractivity contribution in [2.45, 2.75) is 64.7 Å². The van der Waals surface area contributed by atoms with Gasteiger partial charge >= 0.3 is 18.1 Å². The van der Waals surface area contributed by atoms with Crippen LogP contribution in [0, 0.1) is 0 Å². The molecule has 2 unspecified atom stereocenters. The van der Waals surface area contributed by atoms with Crippen LogP contribution in [0.4, 0.5) is 13.2 Å². The highest BCUT2D eigenvalue weighted by molar-refractivity contribution is 5.99. The van der Waals surface area contributed by atoms with Crippen LogP contribution in [0.25, 0.3) is 0 Å². The molecule has 7 nitrogen and oxygen atoms in total. The standard InChI is InChI=1S/C24H32F3N3O4/c1-13(28)9-11-33-22(31)19-15(3)30-16(4)20(23(32)34-12-10-14(2)29)21(19)17-5-7-18(8-6-17)24(25,26)27/h5-8,13-14,21,30H,9-12,28-29H2,1-4H3. The van der Waals surface area contributed by atoms with Crippen molar-refractivity contribution in [1.29, 1.82) is 0 Å². The Morgan fingerprint density at radius 1 is 0.912 bits per heavy atom. The maximum atomic E-state index is 13.1. The van der Waals surface area contributed by atoms with E-state index in [1.807, 2.05) is 0 Å². The van der Waals surface area contributed by atoms with Gasteiger partial charge in [-0.3, -0.25) is 0 Å². The Balaban J connectivity index is 2.48. The molecule has 0 saturated carbocycles.